The van der Waals surface area contributed by atoms with Crippen molar-refractivity contribution in [3.05, 3.63) is 30.1 Å². The van der Waals surface area contributed by atoms with E-state index in [2.05, 4.69) is 26.9 Å². The number of piperidine rings is 1. The van der Waals surface area contributed by atoms with Gasteiger partial charge in [-0.25, -0.2) is 0 Å². The van der Waals surface area contributed by atoms with Gasteiger partial charge in [0.1, 0.15) is 0 Å². The summed E-state index contributed by atoms with van der Waals surface area (Å²) in [6.07, 6.45) is 7.93. The molecule has 4 heterocycles. The van der Waals surface area contributed by atoms with E-state index < -0.39 is 0 Å². The van der Waals surface area contributed by atoms with E-state index in [1.807, 2.05) is 12.4 Å². The molecule has 1 aromatic heterocycles. The quantitative estimate of drug-likeness (QED) is 0.851. The van der Waals surface area contributed by atoms with Crippen molar-refractivity contribution in [1.29, 1.82) is 0 Å². The fourth-order valence-corrected chi connectivity index (χ4v) is 4.45. The van der Waals surface area contributed by atoms with Crippen LogP contribution in [0, 0.1) is 5.41 Å². The first-order valence-electron chi connectivity index (χ1n) is 8.80. The van der Waals surface area contributed by atoms with E-state index in [1.54, 1.807) is 0 Å². The maximum atomic E-state index is 13.2. The number of likely N-dealkylation sites (tertiary alicyclic amines) is 2. The molecule has 0 spiro atoms. The SMILES string of the molecule is O=C(N1CCCC1)[C@@]12CCO[C@@H]1CCN(Cc1ccncc1)C2. The van der Waals surface area contributed by atoms with Crippen LogP contribution < -0.4 is 0 Å². The van der Waals surface area contributed by atoms with Crippen LogP contribution in [0.5, 0.6) is 0 Å². The van der Waals surface area contributed by atoms with Crippen LogP contribution in [-0.4, -0.2) is 59.6 Å². The number of hydrogen-bond donors (Lipinski definition) is 0. The number of aromatic nitrogens is 1. The van der Waals surface area contributed by atoms with Gasteiger partial charge in [-0.15, -0.1) is 0 Å². The molecule has 1 aromatic rings. The van der Waals surface area contributed by atoms with Crippen LogP contribution in [0.1, 0.15) is 31.2 Å². The monoisotopic (exact) mass is 315 g/mol. The lowest BCUT2D eigenvalue weighted by molar-refractivity contribution is -0.149. The number of nitrogens with zero attached hydrogens (tertiary/aromatic N) is 3. The summed E-state index contributed by atoms with van der Waals surface area (Å²) in [7, 11) is 0. The molecule has 0 saturated carbocycles. The van der Waals surface area contributed by atoms with Gasteiger partial charge >= 0.3 is 0 Å². The molecule has 0 unspecified atom stereocenters. The first-order chi connectivity index (χ1) is 11.3. The van der Waals surface area contributed by atoms with E-state index in [9.17, 15) is 4.79 Å². The van der Waals surface area contributed by atoms with Crippen molar-refractivity contribution in [1.82, 2.24) is 14.8 Å². The maximum Gasteiger partial charge on any atom is 0.232 e. The minimum atomic E-state index is -0.310. The van der Waals surface area contributed by atoms with Crippen LogP contribution in [0.4, 0.5) is 0 Å². The van der Waals surface area contributed by atoms with Crippen LogP contribution in [0.2, 0.25) is 0 Å². The summed E-state index contributed by atoms with van der Waals surface area (Å²) in [5.41, 5.74) is 0.955. The Morgan fingerprint density at radius 1 is 1.26 bits per heavy atom. The molecule has 3 fully saturated rings. The Morgan fingerprint density at radius 3 is 2.83 bits per heavy atom. The smallest absolute Gasteiger partial charge is 0.232 e. The summed E-state index contributed by atoms with van der Waals surface area (Å²) in [6.45, 7) is 5.31. The second-order valence-electron chi connectivity index (χ2n) is 7.12. The highest BCUT2D eigenvalue weighted by molar-refractivity contribution is 5.84. The number of fused-ring (bicyclic) bond motifs is 1. The number of hydrogen-bond acceptors (Lipinski definition) is 4. The van der Waals surface area contributed by atoms with E-state index in [1.165, 1.54) is 5.56 Å². The van der Waals surface area contributed by atoms with Crippen LogP contribution >= 0.6 is 0 Å². The topological polar surface area (TPSA) is 45.7 Å². The Bertz CT molecular complexity index is 559. The highest BCUT2D eigenvalue weighted by Crippen LogP contribution is 2.43. The van der Waals surface area contributed by atoms with Crippen molar-refractivity contribution in [2.75, 3.05) is 32.8 Å². The second kappa shape index (κ2) is 6.21. The van der Waals surface area contributed by atoms with Crippen molar-refractivity contribution in [3.8, 4) is 0 Å². The molecule has 124 valence electrons. The summed E-state index contributed by atoms with van der Waals surface area (Å²) in [5.74, 6) is 0.344. The van der Waals surface area contributed by atoms with Crippen LogP contribution in [0.3, 0.4) is 0 Å². The molecule has 3 aliphatic heterocycles. The molecule has 0 N–H and O–H groups in total. The highest BCUT2D eigenvalue weighted by atomic mass is 16.5. The van der Waals surface area contributed by atoms with Gasteiger partial charge in [-0.3, -0.25) is 14.7 Å². The van der Waals surface area contributed by atoms with Gasteiger partial charge in [-0.1, -0.05) is 0 Å². The second-order valence-corrected chi connectivity index (χ2v) is 7.12. The average Bonchev–Trinajstić information content (AvgIpc) is 3.25. The minimum Gasteiger partial charge on any atom is -0.377 e. The van der Waals surface area contributed by atoms with Crippen LogP contribution in [0.25, 0.3) is 0 Å². The van der Waals surface area contributed by atoms with E-state index >= 15 is 0 Å². The lowest BCUT2D eigenvalue weighted by atomic mass is 9.75. The van der Waals surface area contributed by atoms with Crippen molar-refractivity contribution in [3.63, 3.8) is 0 Å². The normalized spacial score (nSPS) is 31.3. The Balaban J connectivity index is 1.52. The third kappa shape index (κ3) is 2.76. The lowest BCUT2D eigenvalue weighted by Crippen LogP contribution is -2.57. The Kier molecular flexibility index (Phi) is 4.07. The zero-order valence-corrected chi connectivity index (χ0v) is 13.6. The van der Waals surface area contributed by atoms with Crippen molar-refractivity contribution < 1.29 is 9.53 Å². The Hall–Kier alpha value is -1.46. The molecule has 0 aliphatic carbocycles. The molecule has 3 aliphatic rings. The fraction of sp³-hybridized carbons (Fsp3) is 0.667. The van der Waals surface area contributed by atoms with Crippen molar-refractivity contribution in [2.45, 2.75) is 38.3 Å². The summed E-state index contributed by atoms with van der Waals surface area (Å²) >= 11 is 0. The predicted octanol–water partition coefficient (Wildman–Crippen LogP) is 1.68. The summed E-state index contributed by atoms with van der Waals surface area (Å²) in [6, 6.07) is 4.12. The third-order valence-corrected chi connectivity index (χ3v) is 5.67. The van der Waals surface area contributed by atoms with Gasteiger partial charge in [-0.2, -0.15) is 0 Å². The van der Waals surface area contributed by atoms with Gasteiger partial charge in [0, 0.05) is 51.7 Å². The van der Waals surface area contributed by atoms with Crippen molar-refractivity contribution in [2.24, 2.45) is 5.41 Å². The number of rotatable bonds is 3. The molecule has 0 radical (unpaired) electrons. The average molecular weight is 315 g/mol. The molecule has 4 rings (SSSR count). The molecular formula is C18H25N3O2. The summed E-state index contributed by atoms with van der Waals surface area (Å²) in [4.78, 5) is 21.8. The summed E-state index contributed by atoms with van der Waals surface area (Å²) in [5, 5.41) is 0. The number of ether oxygens (including phenoxy) is 1. The number of amides is 1. The minimum absolute atomic E-state index is 0.115. The van der Waals surface area contributed by atoms with Gasteiger partial charge in [0.15, 0.2) is 0 Å². The van der Waals surface area contributed by atoms with E-state index in [4.69, 9.17) is 4.74 Å². The fourth-order valence-electron chi connectivity index (χ4n) is 4.45. The molecule has 3 saturated heterocycles. The van der Waals surface area contributed by atoms with E-state index in [0.717, 1.165) is 65.0 Å². The van der Waals surface area contributed by atoms with Crippen molar-refractivity contribution >= 4 is 5.91 Å². The molecule has 2 atom stereocenters. The lowest BCUT2D eigenvalue weighted by Gasteiger charge is -2.44. The number of carbonyl (C=O) groups excluding carboxylic acids is 1. The predicted molar refractivity (Wildman–Crippen MR) is 86.7 cm³/mol. The largest absolute Gasteiger partial charge is 0.377 e. The molecular weight excluding hydrogens is 290 g/mol. The highest BCUT2D eigenvalue weighted by Gasteiger charge is 2.54. The van der Waals surface area contributed by atoms with Gasteiger partial charge in [0.05, 0.1) is 11.5 Å². The van der Waals surface area contributed by atoms with Crippen LogP contribution in [-0.2, 0) is 16.1 Å². The molecule has 5 heteroatoms. The van der Waals surface area contributed by atoms with E-state index in [-0.39, 0.29) is 11.5 Å². The van der Waals surface area contributed by atoms with Gasteiger partial charge in [0.2, 0.25) is 5.91 Å². The standard InChI is InChI=1S/C18H25N3O2/c22-17(21-9-1-2-10-21)18-6-12-23-16(18)5-11-20(14-18)13-15-3-7-19-8-4-15/h3-4,7-8,16H,1-2,5-6,9-14H2/t16-,18-/m1/s1. The molecule has 0 bridgehead atoms. The molecule has 23 heavy (non-hydrogen) atoms. The molecule has 1 amide bonds. The van der Waals surface area contributed by atoms with Crippen LogP contribution in [0.15, 0.2) is 24.5 Å². The molecule has 5 nitrogen and oxygen atoms in total. The number of carbonyl (C=O) groups is 1. The number of pyridine rings is 1. The van der Waals surface area contributed by atoms with Gasteiger partial charge in [0.25, 0.3) is 0 Å². The zero-order valence-electron chi connectivity index (χ0n) is 13.6. The summed E-state index contributed by atoms with van der Waals surface area (Å²) < 4.78 is 5.96. The molecule has 0 aromatic carbocycles. The first-order valence-corrected chi connectivity index (χ1v) is 8.80. The Morgan fingerprint density at radius 2 is 2.04 bits per heavy atom. The zero-order chi connectivity index (χ0) is 15.7. The third-order valence-electron chi connectivity index (χ3n) is 5.67. The Labute approximate surface area is 137 Å². The van der Waals surface area contributed by atoms with Gasteiger partial charge < -0.3 is 9.64 Å². The van der Waals surface area contributed by atoms with E-state index in [0.29, 0.717) is 5.91 Å². The maximum absolute atomic E-state index is 13.2. The first kappa shape index (κ1) is 15.1. The van der Waals surface area contributed by atoms with Gasteiger partial charge in [-0.05, 0) is 43.4 Å².